The minimum atomic E-state index is -0.663. The summed E-state index contributed by atoms with van der Waals surface area (Å²) >= 11 is 0. The summed E-state index contributed by atoms with van der Waals surface area (Å²) in [6.07, 6.45) is -0.579. The van der Waals surface area contributed by atoms with E-state index in [1.807, 2.05) is 60.7 Å². The molecule has 6 heteroatoms. The average Bonchev–Trinajstić information content (AvgIpc) is 2.72. The molecule has 0 aliphatic carbocycles. The van der Waals surface area contributed by atoms with Gasteiger partial charge in [0.1, 0.15) is 29.1 Å². The third kappa shape index (κ3) is 4.61. The SMILES string of the molecule is CC(C)(C)OC(=O)N[C@@H](c1ccccc1)[C@@H]1COc2ccccc2C1=C(C#N)C#N. The van der Waals surface area contributed by atoms with E-state index in [0.717, 1.165) is 5.56 Å². The Hall–Kier alpha value is -3.77. The van der Waals surface area contributed by atoms with E-state index in [1.165, 1.54) is 0 Å². The predicted molar refractivity (Wildman–Crippen MR) is 112 cm³/mol. The van der Waals surface area contributed by atoms with Gasteiger partial charge in [-0.15, -0.1) is 0 Å². The number of nitrogens with zero attached hydrogens (tertiary/aromatic N) is 2. The van der Waals surface area contributed by atoms with Crippen molar-refractivity contribution in [3.05, 3.63) is 71.3 Å². The van der Waals surface area contributed by atoms with E-state index in [0.29, 0.717) is 16.9 Å². The summed E-state index contributed by atoms with van der Waals surface area (Å²) in [4.78, 5) is 12.6. The van der Waals surface area contributed by atoms with Gasteiger partial charge >= 0.3 is 6.09 Å². The maximum absolute atomic E-state index is 12.6. The van der Waals surface area contributed by atoms with E-state index in [1.54, 1.807) is 26.8 Å². The number of carbonyl (C=O) groups excluding carboxylic acids is 1. The molecule has 0 fully saturated rings. The van der Waals surface area contributed by atoms with Crippen LogP contribution in [0.1, 0.15) is 37.9 Å². The van der Waals surface area contributed by atoms with Gasteiger partial charge in [0, 0.05) is 17.1 Å². The summed E-state index contributed by atoms with van der Waals surface area (Å²) in [5, 5.41) is 22.2. The molecule has 0 bridgehead atoms. The fourth-order valence-electron chi connectivity index (χ4n) is 3.52. The summed E-state index contributed by atoms with van der Waals surface area (Å²) < 4.78 is 11.4. The normalized spacial score (nSPS) is 16.2. The zero-order chi connectivity index (χ0) is 21.7. The molecule has 1 N–H and O–H groups in total. The van der Waals surface area contributed by atoms with Crippen LogP contribution in [0.15, 0.2) is 60.2 Å². The van der Waals surface area contributed by atoms with Gasteiger partial charge in [-0.1, -0.05) is 48.5 Å². The molecule has 0 aromatic heterocycles. The highest BCUT2D eigenvalue weighted by atomic mass is 16.6. The quantitative estimate of drug-likeness (QED) is 0.748. The van der Waals surface area contributed by atoms with Crippen molar-refractivity contribution in [1.82, 2.24) is 5.32 Å². The van der Waals surface area contributed by atoms with Crippen LogP contribution in [-0.2, 0) is 4.74 Å². The molecule has 6 nitrogen and oxygen atoms in total. The monoisotopic (exact) mass is 401 g/mol. The molecule has 2 atom stereocenters. The molecule has 0 saturated carbocycles. The maximum Gasteiger partial charge on any atom is 0.408 e. The van der Waals surface area contributed by atoms with Crippen molar-refractivity contribution in [2.45, 2.75) is 32.4 Å². The number of hydrogen-bond donors (Lipinski definition) is 1. The number of rotatable bonds is 3. The first-order chi connectivity index (χ1) is 14.3. The first-order valence-electron chi connectivity index (χ1n) is 9.65. The highest BCUT2D eigenvalue weighted by molar-refractivity contribution is 5.82. The molecule has 1 amide bonds. The maximum atomic E-state index is 12.6. The number of fused-ring (bicyclic) bond motifs is 1. The standard InChI is InChI=1S/C24H23N3O3/c1-24(2,3)30-23(28)27-22(16-9-5-4-6-10-16)19-15-29-20-12-8-7-11-18(20)21(19)17(13-25)14-26/h4-12,19,22H,15H2,1-3H3,(H,27,28)/t19-,22+/m1/s1. The van der Waals surface area contributed by atoms with Crippen molar-refractivity contribution in [2.24, 2.45) is 5.92 Å². The van der Waals surface area contributed by atoms with Gasteiger partial charge in [0.15, 0.2) is 0 Å². The molecule has 1 aliphatic heterocycles. The summed E-state index contributed by atoms with van der Waals surface area (Å²) in [5.41, 5.74) is 1.40. The number of alkyl carbamates (subject to hydrolysis) is 1. The van der Waals surface area contributed by atoms with Crippen LogP contribution >= 0.6 is 0 Å². The Morgan fingerprint density at radius 3 is 2.37 bits per heavy atom. The second-order valence-electron chi connectivity index (χ2n) is 7.96. The van der Waals surface area contributed by atoms with E-state index in [9.17, 15) is 15.3 Å². The fourth-order valence-corrected chi connectivity index (χ4v) is 3.52. The van der Waals surface area contributed by atoms with Crippen LogP contribution in [0.3, 0.4) is 0 Å². The first-order valence-corrected chi connectivity index (χ1v) is 9.65. The smallest absolute Gasteiger partial charge is 0.408 e. The van der Waals surface area contributed by atoms with Gasteiger partial charge in [0.05, 0.1) is 12.6 Å². The Morgan fingerprint density at radius 1 is 1.10 bits per heavy atom. The van der Waals surface area contributed by atoms with Crippen LogP contribution in [-0.4, -0.2) is 18.3 Å². The lowest BCUT2D eigenvalue weighted by Gasteiger charge is -2.35. The second-order valence-corrected chi connectivity index (χ2v) is 7.96. The van der Waals surface area contributed by atoms with Crippen molar-refractivity contribution >= 4 is 11.7 Å². The number of para-hydroxylation sites is 1. The minimum absolute atomic E-state index is 0.00247. The molecule has 30 heavy (non-hydrogen) atoms. The summed E-state index contributed by atoms with van der Waals surface area (Å²) in [6.45, 7) is 5.57. The highest BCUT2D eigenvalue weighted by Gasteiger charge is 2.36. The zero-order valence-corrected chi connectivity index (χ0v) is 17.2. The lowest BCUT2D eigenvalue weighted by molar-refractivity contribution is 0.0484. The van der Waals surface area contributed by atoms with E-state index in [4.69, 9.17) is 9.47 Å². The van der Waals surface area contributed by atoms with Crippen LogP contribution in [0.5, 0.6) is 5.75 Å². The van der Waals surface area contributed by atoms with Crippen LogP contribution in [0.4, 0.5) is 4.79 Å². The Balaban J connectivity index is 2.10. The molecule has 0 unspecified atom stereocenters. The highest BCUT2D eigenvalue weighted by Crippen LogP contribution is 2.43. The number of benzene rings is 2. The first kappa shape index (κ1) is 21.0. The Labute approximate surface area is 176 Å². The summed E-state index contributed by atoms with van der Waals surface area (Å²) in [7, 11) is 0. The topological polar surface area (TPSA) is 95.1 Å². The minimum Gasteiger partial charge on any atom is -0.492 e. The molecule has 1 heterocycles. The fraction of sp³-hybridized carbons (Fsp3) is 0.292. The molecule has 3 rings (SSSR count). The molecule has 0 saturated heterocycles. The molecular weight excluding hydrogens is 378 g/mol. The van der Waals surface area contributed by atoms with E-state index >= 15 is 0 Å². The third-order valence-corrected chi connectivity index (χ3v) is 4.69. The van der Waals surface area contributed by atoms with E-state index < -0.39 is 23.7 Å². The van der Waals surface area contributed by atoms with Gasteiger partial charge in [-0.25, -0.2) is 4.79 Å². The number of carbonyl (C=O) groups is 1. The third-order valence-electron chi connectivity index (χ3n) is 4.69. The van der Waals surface area contributed by atoms with Gasteiger partial charge in [-0.2, -0.15) is 10.5 Å². The number of amides is 1. The Kier molecular flexibility index (Phi) is 6.09. The van der Waals surface area contributed by atoms with Crippen molar-refractivity contribution in [3.8, 4) is 17.9 Å². The van der Waals surface area contributed by atoms with Crippen molar-refractivity contribution < 1.29 is 14.3 Å². The van der Waals surface area contributed by atoms with Crippen molar-refractivity contribution in [3.63, 3.8) is 0 Å². The molecular formula is C24H23N3O3. The van der Waals surface area contributed by atoms with Gasteiger partial charge < -0.3 is 14.8 Å². The summed E-state index contributed by atoms with van der Waals surface area (Å²) in [5.74, 6) is 0.153. The molecule has 0 radical (unpaired) electrons. The van der Waals surface area contributed by atoms with Gasteiger partial charge in [-0.3, -0.25) is 0 Å². The van der Waals surface area contributed by atoms with Gasteiger partial charge in [0.25, 0.3) is 0 Å². The number of ether oxygens (including phenoxy) is 2. The zero-order valence-electron chi connectivity index (χ0n) is 17.2. The van der Waals surface area contributed by atoms with E-state index in [2.05, 4.69) is 5.32 Å². The van der Waals surface area contributed by atoms with E-state index in [-0.39, 0.29) is 12.2 Å². The van der Waals surface area contributed by atoms with Crippen LogP contribution in [0, 0.1) is 28.6 Å². The molecule has 1 aliphatic rings. The molecule has 2 aromatic rings. The molecule has 0 spiro atoms. The van der Waals surface area contributed by atoms with Crippen molar-refractivity contribution in [1.29, 1.82) is 10.5 Å². The number of hydrogen-bond acceptors (Lipinski definition) is 5. The number of allylic oxidation sites excluding steroid dienone is 1. The second kappa shape index (κ2) is 8.71. The molecule has 2 aromatic carbocycles. The Morgan fingerprint density at radius 2 is 1.73 bits per heavy atom. The molecule has 152 valence electrons. The van der Waals surface area contributed by atoms with Gasteiger partial charge in [-0.05, 0) is 32.4 Å². The van der Waals surface area contributed by atoms with Gasteiger partial charge in [0.2, 0.25) is 0 Å². The predicted octanol–water partition coefficient (Wildman–Crippen LogP) is 4.76. The lowest BCUT2D eigenvalue weighted by atomic mass is 9.80. The summed E-state index contributed by atoms with van der Waals surface area (Å²) in [6, 6.07) is 20.2. The van der Waals surface area contributed by atoms with Crippen molar-refractivity contribution in [2.75, 3.05) is 6.61 Å². The van der Waals surface area contributed by atoms with Crippen LogP contribution in [0.2, 0.25) is 0 Å². The number of nitriles is 2. The van der Waals surface area contributed by atoms with Crippen LogP contribution in [0.25, 0.3) is 5.57 Å². The lowest BCUT2D eigenvalue weighted by Crippen LogP contribution is -2.40. The van der Waals surface area contributed by atoms with Crippen LogP contribution < -0.4 is 10.1 Å². The largest absolute Gasteiger partial charge is 0.492 e. The average molecular weight is 401 g/mol. The number of nitrogens with one attached hydrogen (secondary N) is 1. The Bertz CT molecular complexity index is 1020.